The summed E-state index contributed by atoms with van der Waals surface area (Å²) in [5.74, 6) is -1.20. The van der Waals surface area contributed by atoms with E-state index in [0.717, 1.165) is 26.1 Å². The Kier molecular flexibility index (Phi) is 3.13. The van der Waals surface area contributed by atoms with Gasteiger partial charge in [-0.2, -0.15) is 0 Å². The van der Waals surface area contributed by atoms with Gasteiger partial charge in [0.05, 0.1) is 11.4 Å². The Labute approximate surface area is 130 Å². The summed E-state index contributed by atoms with van der Waals surface area (Å²) in [4.78, 5) is 43.3. The van der Waals surface area contributed by atoms with E-state index in [1.54, 1.807) is 0 Å². The number of imide groups is 2. The van der Waals surface area contributed by atoms with Gasteiger partial charge >= 0.3 is 6.03 Å². The quantitative estimate of drug-likeness (QED) is 0.589. The largest absolute Gasteiger partial charge is 0.333 e. The zero-order valence-corrected chi connectivity index (χ0v) is 13.4. The number of nitrogens with zero attached hydrogens (tertiary/aromatic N) is 4. The molecule has 0 unspecified atom stereocenters. The third-order valence-corrected chi connectivity index (χ3v) is 4.62. The molecule has 0 aromatic carbocycles. The molecule has 0 N–H and O–H groups in total. The minimum atomic E-state index is -0.631. The van der Waals surface area contributed by atoms with Crippen LogP contribution in [0.1, 0.15) is 17.1 Å². The van der Waals surface area contributed by atoms with Crippen molar-refractivity contribution in [1.82, 2.24) is 19.2 Å². The predicted octanol–water partition coefficient (Wildman–Crippen LogP) is 1.45. The number of carbonyl (C=O) groups is 3. The first-order valence-electron chi connectivity index (χ1n) is 6.58. The van der Waals surface area contributed by atoms with Crippen molar-refractivity contribution in [3.05, 3.63) is 28.0 Å². The van der Waals surface area contributed by atoms with E-state index < -0.39 is 17.8 Å². The van der Waals surface area contributed by atoms with Crippen LogP contribution in [0.2, 0.25) is 0 Å². The standard InChI is InChI=1S/C14H14N4O3S/c1-7-6-22-13-15-8(2)10(18(7)13)5-9-11(19)16(3)14(21)17(4)12(9)20/h5-6H,1-4H3. The maximum atomic E-state index is 12.3. The van der Waals surface area contributed by atoms with Gasteiger partial charge < -0.3 is 0 Å². The first kappa shape index (κ1) is 14.5. The van der Waals surface area contributed by atoms with Crippen molar-refractivity contribution in [2.75, 3.05) is 14.1 Å². The maximum Gasteiger partial charge on any atom is 0.333 e. The minimum absolute atomic E-state index is 0.0416. The fourth-order valence-corrected chi connectivity index (χ4v) is 3.33. The highest BCUT2D eigenvalue weighted by Gasteiger charge is 2.38. The molecule has 0 atom stereocenters. The highest BCUT2D eigenvalue weighted by atomic mass is 32.1. The summed E-state index contributed by atoms with van der Waals surface area (Å²) < 4.78 is 1.89. The monoisotopic (exact) mass is 318 g/mol. The Morgan fingerprint density at radius 2 is 1.68 bits per heavy atom. The molecule has 1 aliphatic heterocycles. The average molecular weight is 318 g/mol. The number of aryl methyl sites for hydroxylation is 2. The van der Waals surface area contributed by atoms with Crippen LogP contribution in [0.25, 0.3) is 11.0 Å². The van der Waals surface area contributed by atoms with Crippen molar-refractivity contribution in [3.63, 3.8) is 0 Å². The molecule has 2 aromatic rings. The van der Waals surface area contributed by atoms with Gasteiger partial charge in [-0.25, -0.2) is 9.78 Å². The molecule has 8 heteroatoms. The van der Waals surface area contributed by atoms with Crippen LogP contribution in [0.5, 0.6) is 0 Å². The van der Waals surface area contributed by atoms with Gasteiger partial charge in [0.2, 0.25) is 0 Å². The number of urea groups is 1. The number of rotatable bonds is 1. The van der Waals surface area contributed by atoms with Gasteiger partial charge in [-0.15, -0.1) is 11.3 Å². The maximum absolute atomic E-state index is 12.3. The van der Waals surface area contributed by atoms with Crippen molar-refractivity contribution in [3.8, 4) is 0 Å². The number of barbiturate groups is 1. The Morgan fingerprint density at radius 3 is 2.27 bits per heavy atom. The SMILES string of the molecule is Cc1nc2scc(C)n2c1C=C1C(=O)N(C)C(=O)N(C)C1=O. The van der Waals surface area contributed by atoms with Crippen molar-refractivity contribution in [2.45, 2.75) is 13.8 Å². The van der Waals surface area contributed by atoms with Crippen LogP contribution in [0.3, 0.4) is 0 Å². The van der Waals surface area contributed by atoms with E-state index in [2.05, 4.69) is 4.98 Å². The molecule has 3 heterocycles. The fraction of sp³-hybridized carbons (Fsp3) is 0.286. The summed E-state index contributed by atoms with van der Waals surface area (Å²) in [6.07, 6.45) is 1.51. The van der Waals surface area contributed by atoms with Crippen molar-refractivity contribution >= 4 is 40.2 Å². The number of aromatic nitrogens is 2. The lowest BCUT2D eigenvalue weighted by Gasteiger charge is -2.28. The Hall–Kier alpha value is -2.48. The van der Waals surface area contributed by atoms with Crippen LogP contribution in [-0.2, 0) is 9.59 Å². The number of carbonyl (C=O) groups excluding carboxylic acids is 3. The van der Waals surface area contributed by atoms with Gasteiger partial charge in [0.15, 0.2) is 4.96 Å². The van der Waals surface area contributed by atoms with Gasteiger partial charge in [-0.3, -0.25) is 23.8 Å². The molecule has 3 rings (SSSR count). The Morgan fingerprint density at radius 1 is 1.09 bits per heavy atom. The van der Waals surface area contributed by atoms with Crippen LogP contribution in [0.4, 0.5) is 4.79 Å². The fourth-order valence-electron chi connectivity index (χ4n) is 2.41. The molecule has 1 fully saturated rings. The Balaban J connectivity index is 2.19. The number of imidazole rings is 1. The number of likely N-dealkylation sites (N-methyl/N-ethyl adjacent to an activating group) is 2. The number of hydrogen-bond donors (Lipinski definition) is 0. The molecule has 2 aromatic heterocycles. The molecule has 4 amide bonds. The molecule has 114 valence electrons. The van der Waals surface area contributed by atoms with E-state index >= 15 is 0 Å². The van der Waals surface area contributed by atoms with Crippen LogP contribution in [-0.4, -0.2) is 51.1 Å². The summed E-state index contributed by atoms with van der Waals surface area (Å²) in [5, 5.41) is 1.95. The van der Waals surface area contributed by atoms with Crippen LogP contribution in [0.15, 0.2) is 11.0 Å². The lowest BCUT2D eigenvalue weighted by atomic mass is 10.1. The van der Waals surface area contributed by atoms with Gasteiger partial charge in [-0.05, 0) is 19.9 Å². The predicted molar refractivity (Wildman–Crippen MR) is 81.5 cm³/mol. The summed E-state index contributed by atoms with van der Waals surface area (Å²) in [7, 11) is 2.71. The molecule has 1 aliphatic rings. The molecular weight excluding hydrogens is 304 g/mol. The zero-order valence-electron chi connectivity index (χ0n) is 12.6. The second kappa shape index (κ2) is 4.77. The van der Waals surface area contributed by atoms with Crippen molar-refractivity contribution < 1.29 is 14.4 Å². The summed E-state index contributed by atoms with van der Waals surface area (Å²) in [6, 6.07) is -0.631. The molecule has 0 saturated carbocycles. The van der Waals surface area contributed by atoms with Gasteiger partial charge in [-0.1, -0.05) is 0 Å². The summed E-state index contributed by atoms with van der Waals surface area (Å²) in [5.41, 5.74) is 2.34. The van der Waals surface area contributed by atoms with E-state index in [0.29, 0.717) is 5.69 Å². The molecule has 0 spiro atoms. The summed E-state index contributed by atoms with van der Waals surface area (Å²) in [6.45, 7) is 3.75. The molecule has 1 saturated heterocycles. The van der Waals surface area contributed by atoms with Crippen molar-refractivity contribution in [1.29, 1.82) is 0 Å². The number of fused-ring (bicyclic) bond motifs is 1. The molecule has 0 radical (unpaired) electrons. The second-order valence-electron chi connectivity index (χ2n) is 5.15. The van der Waals surface area contributed by atoms with Crippen LogP contribution >= 0.6 is 11.3 Å². The van der Waals surface area contributed by atoms with E-state index in [1.807, 2.05) is 23.6 Å². The summed E-state index contributed by atoms with van der Waals surface area (Å²) >= 11 is 1.49. The molecular formula is C14H14N4O3S. The Bertz CT molecular complexity index is 835. The van der Waals surface area contributed by atoms with E-state index in [1.165, 1.54) is 31.5 Å². The first-order valence-corrected chi connectivity index (χ1v) is 7.45. The number of amides is 4. The van der Waals surface area contributed by atoms with Crippen LogP contribution in [0, 0.1) is 13.8 Å². The van der Waals surface area contributed by atoms with E-state index in [4.69, 9.17) is 0 Å². The van der Waals surface area contributed by atoms with Gasteiger partial charge in [0.1, 0.15) is 5.57 Å². The van der Waals surface area contributed by atoms with E-state index in [9.17, 15) is 14.4 Å². The smallest absolute Gasteiger partial charge is 0.288 e. The molecule has 0 aliphatic carbocycles. The molecule has 7 nitrogen and oxygen atoms in total. The third-order valence-electron chi connectivity index (χ3n) is 3.68. The minimum Gasteiger partial charge on any atom is -0.288 e. The molecule has 22 heavy (non-hydrogen) atoms. The van der Waals surface area contributed by atoms with Crippen molar-refractivity contribution in [2.24, 2.45) is 0 Å². The normalized spacial score (nSPS) is 16.2. The third kappa shape index (κ3) is 1.87. The highest BCUT2D eigenvalue weighted by Crippen LogP contribution is 2.24. The molecule has 0 bridgehead atoms. The first-order chi connectivity index (χ1) is 10.3. The lowest BCUT2D eigenvalue weighted by Crippen LogP contribution is -2.52. The number of hydrogen-bond acceptors (Lipinski definition) is 5. The van der Waals surface area contributed by atoms with Crippen LogP contribution < -0.4 is 0 Å². The highest BCUT2D eigenvalue weighted by molar-refractivity contribution is 7.15. The van der Waals surface area contributed by atoms with E-state index in [-0.39, 0.29) is 5.57 Å². The van der Waals surface area contributed by atoms with Gasteiger partial charge in [0.25, 0.3) is 11.8 Å². The lowest BCUT2D eigenvalue weighted by molar-refractivity contribution is -0.134. The van der Waals surface area contributed by atoms with Gasteiger partial charge in [0, 0.05) is 25.2 Å². The average Bonchev–Trinajstić information content (AvgIpc) is 2.99. The number of thiazole rings is 1. The topological polar surface area (TPSA) is 75.0 Å². The zero-order chi connectivity index (χ0) is 16.2. The second-order valence-corrected chi connectivity index (χ2v) is 5.98.